The molecule has 0 saturated carbocycles. The Morgan fingerprint density at radius 3 is 2.93 bits per heavy atom. The van der Waals surface area contributed by atoms with Gasteiger partial charge < -0.3 is 4.90 Å². The van der Waals surface area contributed by atoms with Gasteiger partial charge in [-0.3, -0.25) is 0 Å². The van der Waals surface area contributed by atoms with Crippen molar-refractivity contribution >= 4 is 0 Å². The van der Waals surface area contributed by atoms with Gasteiger partial charge in [0.1, 0.15) is 0 Å². The van der Waals surface area contributed by atoms with Crippen LogP contribution in [0.4, 0.5) is 0 Å². The highest BCUT2D eigenvalue weighted by atomic mass is 15.1. The molecule has 1 heteroatoms. The lowest BCUT2D eigenvalue weighted by molar-refractivity contribution is 0.323. The summed E-state index contributed by atoms with van der Waals surface area (Å²) in [5.41, 5.74) is 6.08. The Morgan fingerprint density at radius 1 is 1.47 bits per heavy atom. The Morgan fingerprint density at radius 2 is 2.27 bits per heavy atom. The predicted molar refractivity (Wildman–Crippen MR) is 66.9 cm³/mol. The monoisotopic (exact) mass is 203 g/mol. The number of hydrogen-bond donors (Lipinski definition) is 0. The SMILES string of the molecule is C/C=C\C(C)=C/C=C=C1CCCN(C)C1. The van der Waals surface area contributed by atoms with Crippen molar-refractivity contribution in [3.05, 3.63) is 41.2 Å². The zero-order valence-corrected chi connectivity index (χ0v) is 10.1. The molecule has 1 rings (SSSR count). The second-order valence-electron chi connectivity index (χ2n) is 4.17. The van der Waals surface area contributed by atoms with E-state index < -0.39 is 0 Å². The molecule has 0 N–H and O–H groups in total. The van der Waals surface area contributed by atoms with E-state index in [1.54, 1.807) is 0 Å². The van der Waals surface area contributed by atoms with Crippen molar-refractivity contribution in [1.29, 1.82) is 0 Å². The van der Waals surface area contributed by atoms with E-state index in [2.05, 4.69) is 42.8 Å². The molecule has 0 aromatic rings. The molecule has 82 valence electrons. The van der Waals surface area contributed by atoms with Gasteiger partial charge in [0.15, 0.2) is 0 Å². The quantitative estimate of drug-likeness (QED) is 0.491. The highest BCUT2D eigenvalue weighted by Gasteiger charge is 2.08. The molecule has 0 aromatic heterocycles. The molecule has 0 amide bonds. The summed E-state index contributed by atoms with van der Waals surface area (Å²) >= 11 is 0. The fourth-order valence-corrected chi connectivity index (χ4v) is 1.77. The van der Waals surface area contributed by atoms with E-state index in [0.29, 0.717) is 0 Å². The molecule has 1 aliphatic heterocycles. The Kier molecular flexibility index (Phi) is 5.17. The van der Waals surface area contributed by atoms with Crippen LogP contribution in [-0.2, 0) is 0 Å². The van der Waals surface area contributed by atoms with Crippen LogP contribution in [0.25, 0.3) is 0 Å². The molecule has 1 heterocycles. The van der Waals surface area contributed by atoms with Crippen LogP contribution in [0.2, 0.25) is 0 Å². The zero-order chi connectivity index (χ0) is 11.1. The van der Waals surface area contributed by atoms with Crippen LogP contribution in [0.15, 0.2) is 41.2 Å². The number of nitrogens with zero attached hydrogens (tertiary/aromatic N) is 1. The first kappa shape index (κ1) is 12.0. The summed E-state index contributed by atoms with van der Waals surface area (Å²) in [6.07, 6.45) is 10.8. The van der Waals surface area contributed by atoms with Crippen molar-refractivity contribution in [1.82, 2.24) is 4.90 Å². The number of rotatable bonds is 2. The van der Waals surface area contributed by atoms with E-state index in [4.69, 9.17) is 0 Å². The largest absolute Gasteiger partial charge is 0.302 e. The van der Waals surface area contributed by atoms with Crippen molar-refractivity contribution < 1.29 is 0 Å². The van der Waals surface area contributed by atoms with Crippen molar-refractivity contribution in [2.45, 2.75) is 26.7 Å². The molecule has 1 aliphatic rings. The predicted octanol–water partition coefficient (Wildman–Crippen LogP) is 3.32. The standard InChI is InChI=1S/C14H21N/c1-4-7-13(2)8-5-9-14-10-6-11-15(3)12-14/h4-5,7-8H,6,10-12H2,1-3H3/b7-4-,13-8-. The first-order chi connectivity index (χ1) is 7.22. The first-order valence-electron chi connectivity index (χ1n) is 5.65. The summed E-state index contributed by atoms with van der Waals surface area (Å²) in [6, 6.07) is 0. The number of piperidine rings is 1. The van der Waals surface area contributed by atoms with Crippen LogP contribution in [-0.4, -0.2) is 25.0 Å². The van der Waals surface area contributed by atoms with Crippen LogP contribution in [0.5, 0.6) is 0 Å². The first-order valence-corrected chi connectivity index (χ1v) is 5.65. The van der Waals surface area contributed by atoms with Crippen molar-refractivity contribution in [3.8, 4) is 0 Å². The van der Waals surface area contributed by atoms with Crippen LogP contribution >= 0.6 is 0 Å². The molecule has 0 bridgehead atoms. The molecule has 0 aromatic carbocycles. The van der Waals surface area contributed by atoms with Crippen LogP contribution < -0.4 is 0 Å². The highest BCUT2D eigenvalue weighted by Crippen LogP contribution is 2.12. The second-order valence-corrected chi connectivity index (χ2v) is 4.17. The van der Waals surface area contributed by atoms with Gasteiger partial charge in [-0.25, -0.2) is 0 Å². The molecule has 0 unspecified atom stereocenters. The van der Waals surface area contributed by atoms with Crippen LogP contribution in [0.1, 0.15) is 26.7 Å². The molecule has 0 spiro atoms. The van der Waals surface area contributed by atoms with Gasteiger partial charge in [0.25, 0.3) is 0 Å². The summed E-state index contributed by atoms with van der Waals surface area (Å²) in [7, 11) is 2.17. The maximum atomic E-state index is 3.38. The minimum Gasteiger partial charge on any atom is -0.302 e. The number of likely N-dealkylation sites (tertiary alicyclic amines) is 1. The van der Waals surface area contributed by atoms with E-state index >= 15 is 0 Å². The normalized spacial score (nSPS) is 19.4. The third-order valence-electron chi connectivity index (χ3n) is 2.54. The van der Waals surface area contributed by atoms with Gasteiger partial charge in [0.2, 0.25) is 0 Å². The maximum absolute atomic E-state index is 3.38. The van der Waals surface area contributed by atoms with E-state index in [0.717, 1.165) is 6.54 Å². The molecule has 1 saturated heterocycles. The van der Waals surface area contributed by atoms with Crippen LogP contribution in [0.3, 0.4) is 0 Å². The van der Waals surface area contributed by atoms with Crippen LogP contribution in [0, 0.1) is 0 Å². The molecular weight excluding hydrogens is 182 g/mol. The van der Waals surface area contributed by atoms with Gasteiger partial charge in [-0.15, -0.1) is 5.73 Å². The summed E-state index contributed by atoms with van der Waals surface area (Å²) in [5, 5.41) is 0. The lowest BCUT2D eigenvalue weighted by Crippen LogP contribution is -2.26. The molecule has 15 heavy (non-hydrogen) atoms. The molecule has 0 radical (unpaired) electrons. The Hall–Kier alpha value is -1.04. The summed E-state index contributed by atoms with van der Waals surface area (Å²) < 4.78 is 0. The van der Waals surface area contributed by atoms with E-state index in [1.165, 1.54) is 30.5 Å². The minimum atomic E-state index is 1.08. The van der Waals surface area contributed by atoms with E-state index in [9.17, 15) is 0 Å². The average molecular weight is 203 g/mol. The van der Waals surface area contributed by atoms with Crippen molar-refractivity contribution in [2.75, 3.05) is 20.1 Å². The molecule has 0 aliphatic carbocycles. The van der Waals surface area contributed by atoms with E-state index in [1.807, 2.05) is 13.0 Å². The Bertz CT molecular complexity index is 314. The maximum Gasteiger partial charge on any atom is 0.0265 e. The average Bonchev–Trinajstić information content (AvgIpc) is 2.18. The zero-order valence-electron chi connectivity index (χ0n) is 10.1. The lowest BCUT2D eigenvalue weighted by atomic mass is 10.1. The number of allylic oxidation sites excluding steroid dienone is 4. The number of hydrogen-bond acceptors (Lipinski definition) is 1. The van der Waals surface area contributed by atoms with Crippen molar-refractivity contribution in [3.63, 3.8) is 0 Å². The smallest absolute Gasteiger partial charge is 0.0265 e. The number of likely N-dealkylation sites (N-methyl/N-ethyl adjacent to an activating group) is 1. The fraction of sp³-hybridized carbons (Fsp3) is 0.500. The third-order valence-corrected chi connectivity index (χ3v) is 2.54. The molecule has 1 nitrogen and oxygen atoms in total. The van der Waals surface area contributed by atoms with Gasteiger partial charge in [0.05, 0.1) is 0 Å². The topological polar surface area (TPSA) is 3.24 Å². The van der Waals surface area contributed by atoms with Crippen molar-refractivity contribution in [2.24, 2.45) is 0 Å². The molecular formula is C14H21N. The third kappa shape index (κ3) is 4.83. The van der Waals surface area contributed by atoms with Gasteiger partial charge in [-0.1, -0.05) is 23.8 Å². The van der Waals surface area contributed by atoms with Gasteiger partial charge in [-0.2, -0.15) is 0 Å². The van der Waals surface area contributed by atoms with E-state index in [-0.39, 0.29) is 0 Å². The highest BCUT2D eigenvalue weighted by molar-refractivity contribution is 5.22. The second kappa shape index (κ2) is 6.44. The fourth-order valence-electron chi connectivity index (χ4n) is 1.77. The van der Waals surface area contributed by atoms with Gasteiger partial charge in [0, 0.05) is 6.54 Å². The summed E-state index contributed by atoms with van der Waals surface area (Å²) in [4.78, 5) is 2.35. The molecule has 1 fully saturated rings. The lowest BCUT2D eigenvalue weighted by Gasteiger charge is -2.22. The Balaban J connectivity index is 2.61. The van der Waals surface area contributed by atoms with Gasteiger partial charge >= 0.3 is 0 Å². The summed E-state index contributed by atoms with van der Waals surface area (Å²) in [6.45, 7) is 6.44. The molecule has 0 atom stereocenters. The van der Waals surface area contributed by atoms with Gasteiger partial charge in [-0.05, 0) is 51.9 Å². The minimum absolute atomic E-state index is 1.08. The summed E-state index contributed by atoms with van der Waals surface area (Å²) in [5.74, 6) is 0. The Labute approximate surface area is 93.5 Å².